The Balaban J connectivity index is 0.000000194. The number of nitrogens with zero attached hydrogens (tertiary/aromatic N) is 5. The van der Waals surface area contributed by atoms with E-state index in [0.29, 0.717) is 23.1 Å². The van der Waals surface area contributed by atoms with Crippen LogP contribution in [0.2, 0.25) is 0 Å². The van der Waals surface area contributed by atoms with Crippen LogP contribution in [0.15, 0.2) is 24.0 Å². The van der Waals surface area contributed by atoms with E-state index in [-0.39, 0.29) is 50.1 Å². The lowest BCUT2D eigenvalue weighted by Gasteiger charge is -2.82. The quantitative estimate of drug-likeness (QED) is 0.0700. The van der Waals surface area contributed by atoms with Crippen LogP contribution in [-0.2, 0) is 66.5 Å². The number of aliphatic carboxylic acids is 2. The topological polar surface area (TPSA) is 507 Å². The normalized spacial score (nSPS) is 47.3. The van der Waals surface area contributed by atoms with Gasteiger partial charge in [0.1, 0.15) is 68.3 Å². The van der Waals surface area contributed by atoms with Gasteiger partial charge in [0.15, 0.2) is 17.6 Å². The van der Waals surface area contributed by atoms with Gasteiger partial charge in [0, 0.05) is 88.0 Å². The number of amides is 2. The zero-order valence-electron chi connectivity index (χ0n) is 60.5. The van der Waals surface area contributed by atoms with Gasteiger partial charge in [0.05, 0.1) is 61.5 Å². The molecule has 3 aromatic rings. The molecule has 11 aliphatic heterocycles. The molecule has 100 heavy (non-hydrogen) atoms. The molecule has 0 spiro atoms. The molecule has 2 saturated carbocycles. The molecule has 8 unspecified atom stereocenters. The van der Waals surface area contributed by atoms with Gasteiger partial charge in [-0.15, -0.1) is 4.98 Å². The number of hydrogen-bond acceptors (Lipinski definition) is 29. The van der Waals surface area contributed by atoms with Gasteiger partial charge in [-0.05, 0) is 102 Å². The van der Waals surface area contributed by atoms with E-state index in [0.717, 1.165) is 11.2 Å². The zero-order chi connectivity index (χ0) is 76.1. The summed E-state index contributed by atoms with van der Waals surface area (Å²) in [6.45, 7) is 30.7. The van der Waals surface area contributed by atoms with Gasteiger partial charge in [0.2, 0.25) is 41.4 Å². The Morgan fingerprint density at radius 3 is 1.42 bits per heavy atom. The van der Waals surface area contributed by atoms with Crippen molar-refractivity contribution in [3.63, 3.8) is 0 Å². The van der Waals surface area contributed by atoms with E-state index in [4.69, 9.17) is 58.8 Å². The first kappa shape index (κ1) is 81.0. The number of carboxylic acids is 2. The maximum atomic E-state index is 12.5. The smallest absolute Gasteiger partial charge is 0.365 e. The highest BCUT2D eigenvalue weighted by molar-refractivity contribution is 15.0. The Labute approximate surface area is 602 Å². The second-order valence-electron chi connectivity index (χ2n) is 30.5. The SMILES string of the molecule is CO[C@]1(C)OC2(C(=O)O)O[C@@](C)(C1(C)O)[C@]2(C)COC[C@]1(C)OC2(CO)[C@@H](C)[C@@](C)(C1(C)NC(C)=O)[C@]2(C)O.CO[C@]1(C)OC2(C(=O)[O-])O[C@@](C)(C1(C)O)[C@]2(C)COC[C@]1(C)OC2(CO)[C@@H](C)[C@@](C)(C1(C)NC(C)=O)[C@]2(C)O.II.Nc1nc[nH+]c2nc[nH]c12.Nc1ncnc2c1N=[C+]N2. The van der Waals surface area contributed by atoms with Gasteiger partial charge in [-0.1, -0.05) is 37.7 Å². The van der Waals surface area contributed by atoms with Crippen LogP contribution in [0.5, 0.6) is 0 Å². The number of H-pyrrole nitrogens is 2. The number of ether oxygens (including phenoxy) is 10. The molecule has 14 heterocycles. The van der Waals surface area contributed by atoms with E-state index in [1.807, 2.05) is 27.7 Å². The Hall–Kier alpha value is -4.69. The van der Waals surface area contributed by atoms with E-state index >= 15 is 0 Å². The maximum absolute atomic E-state index is 12.5. The molecule has 12 fully saturated rings. The minimum absolute atomic E-state index is 0.158. The van der Waals surface area contributed by atoms with Crippen molar-refractivity contribution >= 4 is 102 Å². The Morgan fingerprint density at radius 1 is 0.630 bits per heavy atom. The zero-order valence-corrected chi connectivity index (χ0v) is 64.8. The number of aliphatic imine (C=N–C) groups is 1. The predicted molar refractivity (Wildman–Crippen MR) is 368 cm³/mol. The number of nitrogens with two attached hydrogens (primary N) is 2. The molecule has 16 rings (SSSR count). The number of imidazole rings is 1. The number of carbonyl (C=O) groups excluding carboxylic acids is 3. The van der Waals surface area contributed by atoms with E-state index < -0.39 is 137 Å². The first-order chi connectivity index (χ1) is 45.7. The lowest BCUT2D eigenvalue weighted by Crippen LogP contribution is -2.97. The van der Waals surface area contributed by atoms with Crippen molar-refractivity contribution in [2.24, 2.45) is 38.5 Å². The van der Waals surface area contributed by atoms with Gasteiger partial charge in [-0.25, -0.2) is 14.8 Å². The molecular weight excluding hydrogens is 1540 g/mol. The summed E-state index contributed by atoms with van der Waals surface area (Å²) in [5.41, 5.74) is -8.89. The number of rotatable bonds is 16. The van der Waals surface area contributed by atoms with Crippen LogP contribution in [0.4, 0.5) is 23.1 Å². The van der Waals surface area contributed by atoms with Crippen molar-refractivity contribution in [3.8, 4) is 0 Å². The summed E-state index contributed by atoms with van der Waals surface area (Å²) in [5.74, 6) is -10.8. The van der Waals surface area contributed by atoms with Gasteiger partial charge >= 0.3 is 17.5 Å². The highest BCUT2D eigenvalue weighted by Gasteiger charge is 2.92. The molecule has 2 amide bonds. The summed E-state index contributed by atoms with van der Waals surface area (Å²) in [6, 6.07) is 0. The van der Waals surface area contributed by atoms with Crippen molar-refractivity contribution in [3.05, 3.63) is 19.0 Å². The van der Waals surface area contributed by atoms with Crippen LogP contribution >= 0.6 is 37.2 Å². The van der Waals surface area contributed by atoms with E-state index in [9.17, 15) is 60.0 Å². The third-order valence-corrected chi connectivity index (χ3v) is 27.0. The largest absolute Gasteiger partial charge is 0.544 e. The number of hydrogen-bond donors (Lipinski definition) is 13. The number of aromatic nitrogens is 6. The lowest BCUT2D eigenvalue weighted by atomic mass is 9.33. The lowest BCUT2D eigenvalue weighted by molar-refractivity contribution is -0.594. The number of aliphatic hydroxyl groups is 6. The highest BCUT2D eigenvalue weighted by atomic mass is 128. The van der Waals surface area contributed by atoms with E-state index in [2.05, 4.69) is 94.4 Å². The molecular formula is C64H99I2N12O22+. The van der Waals surface area contributed by atoms with E-state index in [1.54, 1.807) is 75.6 Å². The number of carboxylic acid groups (broad SMARTS) is 2. The molecule has 2 aliphatic carbocycles. The third-order valence-electron chi connectivity index (χ3n) is 27.0. The van der Waals surface area contributed by atoms with Crippen LogP contribution in [-0.4, -0.2) is 235 Å². The molecule has 22 atom stereocenters. The molecule has 0 radical (unpaired) electrons. The third kappa shape index (κ3) is 9.50. The number of anilines is 3. The van der Waals surface area contributed by atoms with Gasteiger partial charge in [-0.2, -0.15) is 5.32 Å². The summed E-state index contributed by atoms with van der Waals surface area (Å²) >= 11 is 4.24. The van der Waals surface area contributed by atoms with Crippen molar-refractivity contribution < 1.29 is 112 Å². The van der Waals surface area contributed by atoms with Crippen molar-refractivity contribution in [2.75, 3.05) is 70.6 Å². The number of halogens is 2. The Morgan fingerprint density at radius 2 is 1.05 bits per heavy atom. The maximum Gasteiger partial charge on any atom is 0.365 e. The Bertz CT molecular complexity index is 3580. The second-order valence-corrected chi connectivity index (χ2v) is 30.5. The number of nitrogens with one attached hydrogen (secondary N) is 5. The minimum Gasteiger partial charge on any atom is -0.544 e. The number of aromatic amines is 2. The molecule has 13 aliphatic rings. The fraction of sp³-hybridized carbons (Fsp3) is 0.781. The minimum atomic E-state index is -2.29. The summed E-state index contributed by atoms with van der Waals surface area (Å²) in [4.78, 5) is 74.7. The number of aliphatic hydroxyl groups excluding tert-OH is 2. The number of nitrogen functional groups attached to an aromatic ring is 2. The molecule has 36 heteroatoms. The molecule has 16 N–H and O–H groups in total. The highest BCUT2D eigenvalue weighted by Crippen LogP contribution is 2.76. The molecule has 3 aromatic heterocycles. The first-order valence-electron chi connectivity index (χ1n) is 32.2. The van der Waals surface area contributed by atoms with Crippen molar-refractivity contribution in [1.29, 1.82) is 0 Å². The van der Waals surface area contributed by atoms with Gasteiger partial charge in [0.25, 0.3) is 17.8 Å². The molecule has 10 saturated heterocycles. The predicted octanol–water partition coefficient (Wildman–Crippen LogP) is 0.901. The van der Waals surface area contributed by atoms with Gasteiger partial charge in [-0.3, -0.25) is 9.59 Å². The average molecular weight is 1640 g/mol. The van der Waals surface area contributed by atoms with Crippen LogP contribution in [0.25, 0.3) is 11.2 Å². The molecule has 8 bridgehead atoms. The van der Waals surface area contributed by atoms with Crippen molar-refractivity contribution in [1.82, 2.24) is 35.6 Å². The molecule has 34 nitrogen and oxygen atoms in total. The summed E-state index contributed by atoms with van der Waals surface area (Å²) < 4.78 is 59.6. The molecule has 0 aromatic carbocycles. The van der Waals surface area contributed by atoms with E-state index in [1.165, 1.54) is 68.4 Å². The van der Waals surface area contributed by atoms with Crippen LogP contribution in [0, 0.1) is 33.5 Å². The monoisotopic (exact) mass is 1640 g/mol. The Kier molecular flexibility index (Phi) is 20.2. The number of fused-ring (bicyclic) bond motifs is 10. The summed E-state index contributed by atoms with van der Waals surface area (Å²) in [7, 11) is 2.61. The van der Waals surface area contributed by atoms with Crippen LogP contribution in [0.1, 0.15) is 138 Å². The van der Waals surface area contributed by atoms with Crippen molar-refractivity contribution in [2.45, 2.75) is 229 Å². The van der Waals surface area contributed by atoms with Crippen LogP contribution in [0.3, 0.4) is 0 Å². The average Bonchev–Trinajstić information content (AvgIpc) is 0.650. The summed E-state index contributed by atoms with van der Waals surface area (Å²) in [5, 5.41) is 98.4. The first-order valence-corrected chi connectivity index (χ1v) is 38.5. The fourth-order valence-electron chi connectivity index (χ4n) is 18.6. The van der Waals surface area contributed by atoms with Crippen LogP contribution < -0.4 is 37.5 Å². The molecule has 560 valence electrons. The fourth-order valence-corrected chi connectivity index (χ4v) is 18.6. The second kappa shape index (κ2) is 25.0. The van der Waals surface area contributed by atoms with Gasteiger partial charge < -0.3 is 120 Å². The standard InChI is InChI=1S/2C27H45NO11.C5H5N5.C5H4N5.I2/c2*1-15-20(5)21(6,28-16(2)30)19(4,37-26(15,12-29)22(20,7)33)14-36-13-18(3)24(9)23(8,34)25(10,35-11)39-27(18,38-24)17(31)32;2*6-4-3-5(9-1-7-3)10-2-8-4;1-2/h2*15,29,33-34H,12-14H2,1-11H3,(H,28,30)(H,31,32);1-2H,(H3,6,7,8,9,10);2H,(H3,6,7,8,9,10);/q;;;+1;/t2*15-,18-,19-,20-,21?,22-,23?,24+,25+,26?,27?;;;/m00.../s1. The number of methoxy groups -OCH3 is 2. The number of carbonyl (C=O) groups is 4. The summed E-state index contributed by atoms with van der Waals surface area (Å²) in [6.07, 6.45) is 6.98.